The standard InChI is InChI=1S/C20H20N2O4/c1-13-6-8-15(9-7-13)21-18(24)20(10-11-20)19(25)22-16-5-3-4-14(12-16)17(23)26-2/h3-9,12H,10-11H2,1-2H3,(H,21,24)(H,22,25). The van der Waals surface area contributed by atoms with Gasteiger partial charge in [0.05, 0.1) is 12.7 Å². The van der Waals surface area contributed by atoms with Gasteiger partial charge in [-0.2, -0.15) is 0 Å². The van der Waals surface area contributed by atoms with E-state index in [0.717, 1.165) is 5.56 Å². The van der Waals surface area contributed by atoms with Gasteiger partial charge in [0.25, 0.3) is 0 Å². The van der Waals surface area contributed by atoms with E-state index in [1.165, 1.54) is 13.2 Å². The lowest BCUT2D eigenvalue weighted by molar-refractivity contribution is -0.131. The van der Waals surface area contributed by atoms with E-state index in [0.29, 0.717) is 29.8 Å². The first-order valence-electron chi connectivity index (χ1n) is 8.32. The van der Waals surface area contributed by atoms with Gasteiger partial charge in [0.2, 0.25) is 11.8 Å². The maximum atomic E-state index is 12.6. The molecule has 0 unspecified atom stereocenters. The topological polar surface area (TPSA) is 84.5 Å². The third-order valence-electron chi connectivity index (χ3n) is 4.47. The highest BCUT2D eigenvalue weighted by atomic mass is 16.5. The predicted octanol–water partition coefficient (Wildman–Crippen LogP) is 3.14. The van der Waals surface area contributed by atoms with Crippen molar-refractivity contribution in [2.24, 2.45) is 5.41 Å². The molecule has 2 aromatic rings. The highest BCUT2D eigenvalue weighted by molar-refractivity contribution is 6.17. The molecule has 134 valence electrons. The molecule has 2 amide bonds. The van der Waals surface area contributed by atoms with Crippen LogP contribution < -0.4 is 10.6 Å². The Morgan fingerprint density at radius 2 is 1.54 bits per heavy atom. The number of rotatable bonds is 5. The minimum Gasteiger partial charge on any atom is -0.465 e. The molecule has 0 aliphatic heterocycles. The summed E-state index contributed by atoms with van der Waals surface area (Å²) in [6.07, 6.45) is 0.987. The first-order valence-corrected chi connectivity index (χ1v) is 8.32. The van der Waals surface area contributed by atoms with Crippen molar-refractivity contribution in [2.75, 3.05) is 17.7 Å². The summed E-state index contributed by atoms with van der Waals surface area (Å²) in [6, 6.07) is 13.8. The van der Waals surface area contributed by atoms with Crippen molar-refractivity contribution in [1.82, 2.24) is 0 Å². The molecular formula is C20H20N2O4. The summed E-state index contributed by atoms with van der Waals surface area (Å²) in [5, 5.41) is 5.54. The minimum atomic E-state index is -1.06. The molecule has 1 aliphatic carbocycles. The number of hydrogen-bond donors (Lipinski definition) is 2. The van der Waals surface area contributed by atoms with Gasteiger partial charge in [-0.3, -0.25) is 9.59 Å². The minimum absolute atomic E-state index is 0.317. The smallest absolute Gasteiger partial charge is 0.337 e. The lowest BCUT2D eigenvalue weighted by Gasteiger charge is -2.16. The van der Waals surface area contributed by atoms with E-state index in [1.54, 1.807) is 30.3 Å². The molecule has 6 nitrogen and oxygen atoms in total. The molecular weight excluding hydrogens is 332 g/mol. The second-order valence-electron chi connectivity index (χ2n) is 6.43. The number of ether oxygens (including phenoxy) is 1. The average molecular weight is 352 g/mol. The first-order chi connectivity index (χ1) is 12.4. The normalized spacial score (nSPS) is 14.2. The Hall–Kier alpha value is -3.15. The number of nitrogens with one attached hydrogen (secondary N) is 2. The van der Waals surface area contributed by atoms with E-state index >= 15 is 0 Å². The Balaban J connectivity index is 1.70. The molecule has 26 heavy (non-hydrogen) atoms. The number of carbonyl (C=O) groups excluding carboxylic acids is 3. The highest BCUT2D eigenvalue weighted by Gasteiger charge is 2.56. The van der Waals surface area contributed by atoms with Gasteiger partial charge in [0.15, 0.2) is 0 Å². The van der Waals surface area contributed by atoms with Crippen LogP contribution in [-0.4, -0.2) is 24.9 Å². The van der Waals surface area contributed by atoms with Gasteiger partial charge in [0.1, 0.15) is 5.41 Å². The molecule has 0 aromatic heterocycles. The van der Waals surface area contributed by atoms with Crippen molar-refractivity contribution < 1.29 is 19.1 Å². The predicted molar refractivity (Wildman–Crippen MR) is 97.9 cm³/mol. The van der Waals surface area contributed by atoms with E-state index in [9.17, 15) is 14.4 Å². The lowest BCUT2D eigenvalue weighted by Crippen LogP contribution is -2.35. The number of aryl methyl sites for hydroxylation is 1. The molecule has 3 rings (SSSR count). The summed E-state index contributed by atoms with van der Waals surface area (Å²) in [7, 11) is 1.29. The Bertz CT molecular complexity index is 854. The van der Waals surface area contributed by atoms with E-state index in [2.05, 4.69) is 15.4 Å². The summed E-state index contributed by atoms with van der Waals surface area (Å²) >= 11 is 0. The molecule has 0 bridgehead atoms. The summed E-state index contributed by atoms with van der Waals surface area (Å²) in [5.41, 5.74) is 1.47. The van der Waals surface area contributed by atoms with Crippen LogP contribution in [0.1, 0.15) is 28.8 Å². The number of methoxy groups -OCH3 is 1. The van der Waals surface area contributed by atoms with Crippen LogP contribution in [0.3, 0.4) is 0 Å². The molecule has 6 heteroatoms. The van der Waals surface area contributed by atoms with E-state index in [4.69, 9.17) is 0 Å². The fraction of sp³-hybridized carbons (Fsp3) is 0.250. The molecule has 1 aliphatic rings. The highest BCUT2D eigenvalue weighted by Crippen LogP contribution is 2.47. The SMILES string of the molecule is COC(=O)c1cccc(NC(=O)C2(C(=O)Nc3ccc(C)cc3)CC2)c1. The molecule has 0 radical (unpaired) electrons. The Morgan fingerprint density at radius 1 is 0.923 bits per heavy atom. The number of amides is 2. The Morgan fingerprint density at radius 3 is 2.12 bits per heavy atom. The number of esters is 1. The van der Waals surface area contributed by atoms with Crippen molar-refractivity contribution in [3.63, 3.8) is 0 Å². The van der Waals surface area contributed by atoms with Crippen molar-refractivity contribution in [2.45, 2.75) is 19.8 Å². The first kappa shape index (κ1) is 17.7. The van der Waals surface area contributed by atoms with Crippen LogP contribution >= 0.6 is 0 Å². The number of carbonyl (C=O) groups is 3. The van der Waals surface area contributed by atoms with Crippen LogP contribution in [0.4, 0.5) is 11.4 Å². The van der Waals surface area contributed by atoms with Crippen LogP contribution in [0.5, 0.6) is 0 Å². The fourth-order valence-corrected chi connectivity index (χ4v) is 2.66. The second-order valence-corrected chi connectivity index (χ2v) is 6.43. The molecule has 0 atom stereocenters. The zero-order chi connectivity index (χ0) is 18.7. The third kappa shape index (κ3) is 3.59. The molecule has 1 saturated carbocycles. The van der Waals surface area contributed by atoms with Crippen molar-refractivity contribution in [3.8, 4) is 0 Å². The van der Waals surface area contributed by atoms with Gasteiger partial charge >= 0.3 is 5.97 Å². The second kappa shape index (κ2) is 7.00. The van der Waals surface area contributed by atoms with Crippen LogP contribution in [0.25, 0.3) is 0 Å². The van der Waals surface area contributed by atoms with Crippen LogP contribution in [0.15, 0.2) is 48.5 Å². The van der Waals surface area contributed by atoms with Gasteiger partial charge in [0, 0.05) is 11.4 Å². The number of anilines is 2. The number of hydrogen-bond acceptors (Lipinski definition) is 4. The molecule has 2 N–H and O–H groups in total. The van der Waals surface area contributed by atoms with Crippen molar-refractivity contribution in [3.05, 3.63) is 59.7 Å². The molecule has 0 heterocycles. The summed E-state index contributed by atoms with van der Waals surface area (Å²) in [4.78, 5) is 36.8. The van der Waals surface area contributed by atoms with Gasteiger partial charge in [-0.25, -0.2) is 4.79 Å². The Kier molecular flexibility index (Phi) is 4.75. The van der Waals surface area contributed by atoms with E-state index in [1.807, 2.05) is 19.1 Å². The molecule has 1 fully saturated rings. The zero-order valence-electron chi connectivity index (χ0n) is 14.7. The van der Waals surface area contributed by atoms with E-state index in [-0.39, 0.29) is 11.8 Å². The Labute approximate surface area is 151 Å². The summed E-state index contributed by atoms with van der Waals surface area (Å²) < 4.78 is 4.67. The largest absolute Gasteiger partial charge is 0.465 e. The van der Waals surface area contributed by atoms with Gasteiger partial charge in [-0.1, -0.05) is 23.8 Å². The molecule has 0 saturated heterocycles. The monoisotopic (exact) mass is 352 g/mol. The third-order valence-corrected chi connectivity index (χ3v) is 4.47. The van der Waals surface area contributed by atoms with E-state index < -0.39 is 11.4 Å². The van der Waals surface area contributed by atoms with Crippen LogP contribution in [0.2, 0.25) is 0 Å². The van der Waals surface area contributed by atoms with Gasteiger partial charge in [-0.05, 0) is 50.1 Å². The zero-order valence-corrected chi connectivity index (χ0v) is 14.7. The fourth-order valence-electron chi connectivity index (χ4n) is 2.66. The van der Waals surface area contributed by atoms with Gasteiger partial charge in [-0.15, -0.1) is 0 Å². The number of benzene rings is 2. The summed E-state index contributed by atoms with van der Waals surface area (Å²) in [6.45, 7) is 1.96. The maximum absolute atomic E-state index is 12.6. The maximum Gasteiger partial charge on any atom is 0.337 e. The van der Waals surface area contributed by atoms with Crippen molar-refractivity contribution >= 4 is 29.2 Å². The quantitative estimate of drug-likeness (QED) is 0.639. The lowest BCUT2D eigenvalue weighted by atomic mass is 10.0. The van der Waals surface area contributed by atoms with Gasteiger partial charge < -0.3 is 15.4 Å². The average Bonchev–Trinajstić information content (AvgIpc) is 3.45. The molecule has 0 spiro atoms. The summed E-state index contributed by atoms with van der Waals surface area (Å²) in [5.74, 6) is -1.17. The van der Waals surface area contributed by atoms with Crippen LogP contribution in [-0.2, 0) is 14.3 Å². The molecule has 2 aromatic carbocycles. The van der Waals surface area contributed by atoms with Crippen LogP contribution in [0, 0.1) is 12.3 Å². The van der Waals surface area contributed by atoms with Crippen molar-refractivity contribution in [1.29, 1.82) is 0 Å².